The van der Waals surface area contributed by atoms with E-state index in [4.69, 9.17) is 10.5 Å². The molecule has 2 rings (SSSR count). The van der Waals surface area contributed by atoms with Gasteiger partial charge in [-0.25, -0.2) is 0 Å². The van der Waals surface area contributed by atoms with Crippen LogP contribution >= 0.6 is 0 Å². The Morgan fingerprint density at radius 1 is 1.00 bits per heavy atom. The van der Waals surface area contributed by atoms with E-state index in [1.54, 1.807) is 0 Å². The summed E-state index contributed by atoms with van der Waals surface area (Å²) >= 11 is 0. The maximum Gasteiger partial charge on any atom is 0.0577 e. The molecule has 82 valence electrons. The van der Waals surface area contributed by atoms with Crippen LogP contribution in [-0.4, -0.2) is 18.8 Å². The highest BCUT2D eigenvalue weighted by atomic mass is 16.5. The summed E-state index contributed by atoms with van der Waals surface area (Å²) in [4.78, 5) is 0. The van der Waals surface area contributed by atoms with Crippen molar-refractivity contribution in [2.24, 2.45) is 11.7 Å². The molecule has 0 amide bonds. The van der Waals surface area contributed by atoms with Gasteiger partial charge in [0.1, 0.15) is 0 Å². The van der Waals surface area contributed by atoms with Crippen LogP contribution in [0.15, 0.2) is 0 Å². The van der Waals surface area contributed by atoms with E-state index in [1.807, 2.05) is 0 Å². The van der Waals surface area contributed by atoms with Gasteiger partial charge in [0, 0.05) is 12.6 Å². The fraction of sp³-hybridized carbons (Fsp3) is 1.00. The lowest BCUT2D eigenvalue weighted by molar-refractivity contribution is -0.00214. The molecule has 1 saturated heterocycles. The van der Waals surface area contributed by atoms with Gasteiger partial charge in [0.15, 0.2) is 0 Å². The predicted molar refractivity (Wildman–Crippen MR) is 58.1 cm³/mol. The summed E-state index contributed by atoms with van der Waals surface area (Å²) in [5, 5.41) is 0. The Hall–Kier alpha value is -0.0800. The fourth-order valence-corrected chi connectivity index (χ4v) is 2.79. The molecule has 1 saturated carbocycles. The molecular weight excluding hydrogens is 174 g/mol. The minimum Gasteiger partial charge on any atom is -0.378 e. The second kappa shape index (κ2) is 5.13. The molecule has 0 aromatic rings. The van der Waals surface area contributed by atoms with Gasteiger partial charge in [-0.15, -0.1) is 0 Å². The van der Waals surface area contributed by atoms with Gasteiger partial charge in [0.05, 0.1) is 6.10 Å². The van der Waals surface area contributed by atoms with Gasteiger partial charge in [-0.05, 0) is 57.3 Å². The van der Waals surface area contributed by atoms with Crippen LogP contribution < -0.4 is 5.73 Å². The summed E-state index contributed by atoms with van der Waals surface area (Å²) in [5.74, 6) is 0.901. The van der Waals surface area contributed by atoms with Crippen molar-refractivity contribution in [3.8, 4) is 0 Å². The first-order valence-corrected chi connectivity index (χ1v) is 6.22. The highest BCUT2D eigenvalue weighted by Crippen LogP contribution is 2.30. The van der Waals surface area contributed by atoms with Crippen LogP contribution in [-0.2, 0) is 4.74 Å². The summed E-state index contributed by atoms with van der Waals surface area (Å²) in [6.45, 7) is 0.997. The Kier molecular flexibility index (Phi) is 3.82. The number of nitrogens with two attached hydrogens (primary N) is 1. The lowest BCUT2D eigenvalue weighted by Gasteiger charge is -2.31. The van der Waals surface area contributed by atoms with E-state index in [0.29, 0.717) is 12.1 Å². The van der Waals surface area contributed by atoms with Crippen molar-refractivity contribution in [1.82, 2.24) is 0 Å². The van der Waals surface area contributed by atoms with Crippen molar-refractivity contribution in [3.05, 3.63) is 0 Å². The first-order chi connectivity index (χ1) is 6.84. The maximum atomic E-state index is 5.90. The number of hydrogen-bond donors (Lipinski definition) is 1. The van der Waals surface area contributed by atoms with Gasteiger partial charge in [-0.2, -0.15) is 0 Å². The van der Waals surface area contributed by atoms with Crippen molar-refractivity contribution >= 4 is 0 Å². The molecule has 0 aromatic heterocycles. The van der Waals surface area contributed by atoms with Gasteiger partial charge >= 0.3 is 0 Å². The third kappa shape index (κ3) is 2.96. The number of ether oxygens (including phenoxy) is 1. The summed E-state index contributed by atoms with van der Waals surface area (Å²) in [7, 11) is 0. The molecule has 0 bridgehead atoms. The van der Waals surface area contributed by atoms with Crippen molar-refractivity contribution < 1.29 is 4.74 Å². The second-order valence-corrected chi connectivity index (χ2v) is 5.01. The zero-order valence-electron chi connectivity index (χ0n) is 9.08. The third-order valence-electron chi connectivity index (χ3n) is 3.76. The smallest absolute Gasteiger partial charge is 0.0577 e. The average Bonchev–Trinajstić information content (AvgIpc) is 2.23. The fourth-order valence-electron chi connectivity index (χ4n) is 2.79. The molecule has 1 heterocycles. The Balaban J connectivity index is 1.68. The molecule has 2 heteroatoms. The SMILES string of the molecule is NC1CCC(CC2CCCCO2)CC1. The quantitative estimate of drug-likeness (QED) is 0.738. The zero-order valence-corrected chi connectivity index (χ0v) is 9.08. The topological polar surface area (TPSA) is 35.2 Å². The molecule has 2 fully saturated rings. The summed E-state index contributed by atoms with van der Waals surface area (Å²) in [6.07, 6.45) is 10.9. The Morgan fingerprint density at radius 2 is 1.79 bits per heavy atom. The van der Waals surface area contributed by atoms with E-state index in [-0.39, 0.29) is 0 Å². The van der Waals surface area contributed by atoms with E-state index < -0.39 is 0 Å². The second-order valence-electron chi connectivity index (χ2n) is 5.01. The van der Waals surface area contributed by atoms with E-state index in [9.17, 15) is 0 Å². The summed E-state index contributed by atoms with van der Waals surface area (Å²) in [5.41, 5.74) is 5.90. The molecule has 0 spiro atoms. The van der Waals surface area contributed by atoms with Crippen LogP contribution in [0.4, 0.5) is 0 Å². The maximum absolute atomic E-state index is 5.90. The molecule has 0 aromatic carbocycles. The Labute approximate surface area is 87.2 Å². The van der Waals surface area contributed by atoms with Gasteiger partial charge in [0.2, 0.25) is 0 Å². The normalized spacial score (nSPS) is 39.6. The molecule has 2 aliphatic rings. The van der Waals surface area contributed by atoms with Gasteiger partial charge in [-0.3, -0.25) is 0 Å². The van der Waals surface area contributed by atoms with E-state index in [0.717, 1.165) is 12.5 Å². The largest absolute Gasteiger partial charge is 0.378 e. The zero-order chi connectivity index (χ0) is 9.80. The van der Waals surface area contributed by atoms with E-state index in [1.165, 1.54) is 51.4 Å². The standard InChI is InChI=1S/C12H23NO/c13-11-6-4-10(5-7-11)9-12-3-1-2-8-14-12/h10-12H,1-9,13H2. The summed E-state index contributed by atoms with van der Waals surface area (Å²) < 4.78 is 5.78. The first-order valence-electron chi connectivity index (χ1n) is 6.22. The van der Waals surface area contributed by atoms with E-state index >= 15 is 0 Å². The highest BCUT2D eigenvalue weighted by molar-refractivity contribution is 4.77. The average molecular weight is 197 g/mol. The molecule has 1 atom stereocenters. The third-order valence-corrected chi connectivity index (χ3v) is 3.76. The Morgan fingerprint density at radius 3 is 2.43 bits per heavy atom. The van der Waals surface area contributed by atoms with Crippen molar-refractivity contribution in [1.29, 1.82) is 0 Å². The van der Waals surface area contributed by atoms with Crippen LogP contribution in [0.1, 0.15) is 51.4 Å². The van der Waals surface area contributed by atoms with Gasteiger partial charge in [-0.1, -0.05) is 0 Å². The molecule has 1 unspecified atom stereocenters. The van der Waals surface area contributed by atoms with Crippen molar-refractivity contribution in [2.75, 3.05) is 6.61 Å². The molecule has 0 radical (unpaired) electrons. The summed E-state index contributed by atoms with van der Waals surface area (Å²) in [6, 6.07) is 0.485. The molecular formula is C12H23NO. The van der Waals surface area contributed by atoms with Gasteiger partial charge < -0.3 is 10.5 Å². The number of hydrogen-bond acceptors (Lipinski definition) is 2. The lowest BCUT2D eigenvalue weighted by atomic mass is 9.82. The minimum atomic E-state index is 0.485. The van der Waals surface area contributed by atoms with Crippen LogP contribution in [0.3, 0.4) is 0 Å². The van der Waals surface area contributed by atoms with Crippen molar-refractivity contribution in [2.45, 2.75) is 63.5 Å². The predicted octanol–water partition coefficient (Wildman–Crippen LogP) is 2.46. The lowest BCUT2D eigenvalue weighted by Crippen LogP contribution is -2.29. The number of rotatable bonds is 2. The first kappa shape index (κ1) is 10.4. The minimum absolute atomic E-state index is 0.485. The van der Waals surface area contributed by atoms with Crippen molar-refractivity contribution in [3.63, 3.8) is 0 Å². The molecule has 1 aliphatic heterocycles. The molecule has 1 aliphatic carbocycles. The molecule has 2 N–H and O–H groups in total. The highest BCUT2D eigenvalue weighted by Gasteiger charge is 2.23. The van der Waals surface area contributed by atoms with Gasteiger partial charge in [0.25, 0.3) is 0 Å². The van der Waals surface area contributed by atoms with Crippen LogP contribution in [0.2, 0.25) is 0 Å². The monoisotopic (exact) mass is 197 g/mol. The van der Waals surface area contributed by atoms with Crippen LogP contribution in [0, 0.1) is 5.92 Å². The van der Waals surface area contributed by atoms with E-state index in [2.05, 4.69) is 0 Å². The van der Waals surface area contributed by atoms with Crippen LogP contribution in [0.5, 0.6) is 0 Å². The molecule has 14 heavy (non-hydrogen) atoms. The Bertz CT molecular complexity index is 158. The molecule has 2 nitrogen and oxygen atoms in total. The van der Waals surface area contributed by atoms with Crippen LogP contribution in [0.25, 0.3) is 0 Å².